The molecule has 8 heteroatoms. The van der Waals surface area contributed by atoms with Crippen molar-refractivity contribution >= 4 is 0 Å². The minimum absolute atomic E-state index is 0.103. The number of benzene rings is 1. The van der Waals surface area contributed by atoms with E-state index in [9.17, 15) is 4.79 Å². The number of aromatic amines is 2. The maximum absolute atomic E-state index is 11.9. The number of hydrogen-bond donors (Lipinski definition) is 2. The third-order valence-corrected chi connectivity index (χ3v) is 3.11. The molecule has 0 radical (unpaired) electrons. The van der Waals surface area contributed by atoms with E-state index in [0.29, 0.717) is 17.3 Å². The number of para-hydroxylation sites is 1. The Labute approximate surface area is 113 Å². The molecular formula is C12H13N7O. The van der Waals surface area contributed by atoms with Gasteiger partial charge in [0.05, 0.1) is 5.69 Å². The molecular weight excluding hydrogens is 258 g/mol. The number of rotatable bonds is 3. The van der Waals surface area contributed by atoms with Crippen LogP contribution in [0.2, 0.25) is 0 Å². The smallest absolute Gasteiger partial charge is 0.293 e. The molecule has 0 saturated heterocycles. The van der Waals surface area contributed by atoms with Crippen molar-refractivity contribution in [2.45, 2.75) is 19.8 Å². The highest BCUT2D eigenvalue weighted by Gasteiger charge is 2.18. The van der Waals surface area contributed by atoms with E-state index in [1.807, 2.05) is 31.2 Å². The Balaban J connectivity index is 2.14. The summed E-state index contributed by atoms with van der Waals surface area (Å²) in [4.78, 5) is 14.6. The molecule has 1 atom stereocenters. The predicted molar refractivity (Wildman–Crippen MR) is 70.6 cm³/mol. The first kappa shape index (κ1) is 12.3. The Morgan fingerprint density at radius 3 is 2.75 bits per heavy atom. The maximum Gasteiger partial charge on any atom is 0.348 e. The zero-order valence-electron chi connectivity index (χ0n) is 11.0. The van der Waals surface area contributed by atoms with Crippen molar-refractivity contribution in [2.24, 2.45) is 0 Å². The molecule has 0 aliphatic heterocycles. The fraction of sp³-hybridized carbons (Fsp3) is 0.250. The average Bonchev–Trinajstić information content (AvgIpc) is 3.08. The van der Waals surface area contributed by atoms with E-state index in [4.69, 9.17) is 0 Å². The summed E-state index contributed by atoms with van der Waals surface area (Å²) >= 11 is 0. The lowest BCUT2D eigenvalue weighted by Crippen LogP contribution is -2.18. The summed E-state index contributed by atoms with van der Waals surface area (Å²) in [5.74, 6) is 1.03. The zero-order chi connectivity index (χ0) is 14.1. The van der Waals surface area contributed by atoms with Crippen molar-refractivity contribution in [3.05, 3.63) is 52.0 Å². The third kappa shape index (κ3) is 2.00. The molecule has 0 aliphatic rings. The van der Waals surface area contributed by atoms with Gasteiger partial charge in [-0.15, -0.1) is 10.2 Å². The highest BCUT2D eigenvalue weighted by atomic mass is 16.1. The van der Waals surface area contributed by atoms with Gasteiger partial charge in [-0.05, 0) is 18.6 Å². The molecule has 20 heavy (non-hydrogen) atoms. The van der Waals surface area contributed by atoms with E-state index < -0.39 is 0 Å². The summed E-state index contributed by atoms with van der Waals surface area (Å²) in [6, 6.07) is 7.53. The van der Waals surface area contributed by atoms with Gasteiger partial charge in [0, 0.05) is 5.92 Å². The van der Waals surface area contributed by atoms with Gasteiger partial charge < -0.3 is 0 Å². The second-order valence-electron chi connectivity index (χ2n) is 4.48. The van der Waals surface area contributed by atoms with Crippen LogP contribution in [0.4, 0.5) is 0 Å². The standard InChI is InChI=1S/C12H13N7O/c1-7(11-14-17-18-15-11)9-5-3-4-6-10(9)19-12(20)13-8(2)16-19/h3-7H,1-2H3,(H,13,16,20)(H,14,15,17,18). The molecule has 102 valence electrons. The Morgan fingerprint density at radius 1 is 1.30 bits per heavy atom. The normalized spacial score (nSPS) is 12.5. The van der Waals surface area contributed by atoms with E-state index in [1.165, 1.54) is 4.68 Å². The van der Waals surface area contributed by atoms with Gasteiger partial charge in [0.15, 0.2) is 5.82 Å². The summed E-state index contributed by atoms with van der Waals surface area (Å²) in [5, 5.41) is 18.2. The predicted octanol–water partition coefficient (Wildman–Crippen LogP) is 0.534. The molecule has 0 fully saturated rings. The summed E-state index contributed by atoms with van der Waals surface area (Å²) in [6.07, 6.45) is 0. The third-order valence-electron chi connectivity index (χ3n) is 3.11. The highest BCUT2D eigenvalue weighted by molar-refractivity contribution is 5.44. The Hall–Kier alpha value is -2.77. The number of hydrogen-bond acceptors (Lipinski definition) is 5. The molecule has 2 heterocycles. The van der Waals surface area contributed by atoms with Crippen molar-refractivity contribution in [1.29, 1.82) is 0 Å². The second-order valence-corrected chi connectivity index (χ2v) is 4.48. The largest absolute Gasteiger partial charge is 0.348 e. The van der Waals surface area contributed by atoms with Gasteiger partial charge in [-0.25, -0.2) is 4.79 Å². The van der Waals surface area contributed by atoms with Gasteiger partial charge in [-0.1, -0.05) is 30.3 Å². The van der Waals surface area contributed by atoms with Crippen LogP contribution in [-0.4, -0.2) is 35.4 Å². The van der Waals surface area contributed by atoms with Gasteiger partial charge in [-0.3, -0.25) is 4.98 Å². The minimum atomic E-state index is -0.268. The highest BCUT2D eigenvalue weighted by Crippen LogP contribution is 2.25. The topological polar surface area (TPSA) is 105 Å². The van der Waals surface area contributed by atoms with Crippen molar-refractivity contribution in [1.82, 2.24) is 35.4 Å². The summed E-state index contributed by atoms with van der Waals surface area (Å²) in [6.45, 7) is 3.69. The van der Waals surface area contributed by atoms with E-state index >= 15 is 0 Å². The first-order chi connectivity index (χ1) is 9.66. The van der Waals surface area contributed by atoms with E-state index in [1.54, 1.807) is 6.92 Å². The number of H-pyrrole nitrogens is 2. The van der Waals surface area contributed by atoms with Crippen LogP contribution in [0.25, 0.3) is 5.69 Å². The van der Waals surface area contributed by atoms with Gasteiger partial charge >= 0.3 is 5.69 Å². The average molecular weight is 271 g/mol. The lowest BCUT2D eigenvalue weighted by atomic mass is 9.98. The van der Waals surface area contributed by atoms with Crippen LogP contribution in [0.1, 0.15) is 30.1 Å². The molecule has 2 aromatic heterocycles. The molecule has 0 saturated carbocycles. The number of tetrazole rings is 1. The summed E-state index contributed by atoms with van der Waals surface area (Å²) in [5.41, 5.74) is 1.34. The van der Waals surface area contributed by atoms with Crippen LogP contribution < -0.4 is 5.69 Å². The van der Waals surface area contributed by atoms with Crippen molar-refractivity contribution in [2.75, 3.05) is 0 Å². The van der Waals surface area contributed by atoms with Crippen molar-refractivity contribution in [3.63, 3.8) is 0 Å². The number of nitrogens with one attached hydrogen (secondary N) is 2. The maximum atomic E-state index is 11.9. The van der Waals surface area contributed by atoms with Crippen LogP contribution in [0, 0.1) is 6.92 Å². The molecule has 0 amide bonds. The Morgan fingerprint density at radius 2 is 2.10 bits per heavy atom. The van der Waals surface area contributed by atoms with Crippen molar-refractivity contribution < 1.29 is 0 Å². The van der Waals surface area contributed by atoms with Crippen LogP contribution in [0.5, 0.6) is 0 Å². The van der Waals surface area contributed by atoms with Gasteiger partial charge in [0.2, 0.25) is 0 Å². The fourth-order valence-electron chi connectivity index (χ4n) is 2.13. The number of aromatic nitrogens is 7. The molecule has 3 rings (SSSR count). The summed E-state index contributed by atoms with van der Waals surface area (Å²) < 4.78 is 1.35. The molecule has 0 bridgehead atoms. The minimum Gasteiger partial charge on any atom is -0.293 e. The molecule has 3 aromatic rings. The van der Waals surface area contributed by atoms with E-state index in [2.05, 4.69) is 30.7 Å². The van der Waals surface area contributed by atoms with Crippen LogP contribution in [-0.2, 0) is 0 Å². The molecule has 1 unspecified atom stereocenters. The lowest BCUT2D eigenvalue weighted by molar-refractivity contribution is 0.773. The first-order valence-electron chi connectivity index (χ1n) is 6.15. The van der Waals surface area contributed by atoms with Gasteiger partial charge in [0.1, 0.15) is 5.82 Å². The van der Waals surface area contributed by atoms with Crippen LogP contribution >= 0.6 is 0 Å². The Kier molecular flexibility index (Phi) is 2.90. The van der Waals surface area contributed by atoms with Crippen molar-refractivity contribution in [3.8, 4) is 5.69 Å². The molecule has 0 spiro atoms. The summed E-state index contributed by atoms with van der Waals surface area (Å²) in [7, 11) is 0. The van der Waals surface area contributed by atoms with E-state index in [0.717, 1.165) is 5.56 Å². The quantitative estimate of drug-likeness (QED) is 0.723. The second kappa shape index (κ2) is 4.72. The molecule has 2 N–H and O–H groups in total. The van der Waals surface area contributed by atoms with Crippen LogP contribution in [0.15, 0.2) is 29.1 Å². The molecule has 0 aliphatic carbocycles. The molecule has 1 aromatic carbocycles. The monoisotopic (exact) mass is 271 g/mol. The first-order valence-corrected chi connectivity index (χ1v) is 6.15. The zero-order valence-corrected chi connectivity index (χ0v) is 11.0. The van der Waals surface area contributed by atoms with Gasteiger partial charge in [0.25, 0.3) is 0 Å². The molecule has 8 nitrogen and oxygen atoms in total. The Bertz CT molecular complexity index is 771. The number of aryl methyl sites for hydroxylation is 1. The SMILES string of the molecule is Cc1nn(-c2ccccc2C(C)c2nn[nH]n2)c(=O)[nH]1. The van der Waals surface area contributed by atoms with Crippen LogP contribution in [0.3, 0.4) is 0 Å². The lowest BCUT2D eigenvalue weighted by Gasteiger charge is -2.12. The fourth-order valence-corrected chi connectivity index (χ4v) is 2.13. The van der Waals surface area contributed by atoms with Gasteiger partial charge in [-0.2, -0.15) is 15.0 Å². The number of nitrogens with zero attached hydrogens (tertiary/aromatic N) is 5. The van der Waals surface area contributed by atoms with E-state index in [-0.39, 0.29) is 11.6 Å².